The van der Waals surface area contributed by atoms with Crippen molar-refractivity contribution in [3.8, 4) is 0 Å². The third-order valence-corrected chi connectivity index (χ3v) is 4.51. The van der Waals surface area contributed by atoms with E-state index in [-0.39, 0.29) is 5.91 Å². The van der Waals surface area contributed by atoms with Crippen LogP contribution < -0.4 is 0 Å². The molecule has 2 nitrogen and oxygen atoms in total. The normalized spacial score (nSPS) is 10.9. The van der Waals surface area contributed by atoms with Gasteiger partial charge in [-0.3, -0.25) is 4.79 Å². The van der Waals surface area contributed by atoms with Crippen molar-refractivity contribution in [1.29, 1.82) is 0 Å². The van der Waals surface area contributed by atoms with Gasteiger partial charge in [0, 0.05) is 20.0 Å². The van der Waals surface area contributed by atoms with Gasteiger partial charge in [-0.1, -0.05) is 90.9 Å². The molecule has 0 aromatic heterocycles. The van der Waals surface area contributed by atoms with Gasteiger partial charge in [0.25, 0.3) is 0 Å². The van der Waals surface area contributed by atoms with Crippen molar-refractivity contribution in [3.05, 3.63) is 0 Å². The van der Waals surface area contributed by atoms with Crippen molar-refractivity contribution in [3.63, 3.8) is 0 Å². The lowest BCUT2D eigenvalue weighted by molar-refractivity contribution is -0.129. The number of hydrogen-bond donors (Lipinski definition) is 0. The van der Waals surface area contributed by atoms with Crippen molar-refractivity contribution in [1.82, 2.24) is 4.90 Å². The Morgan fingerprint density at radius 2 is 0.909 bits per heavy atom. The zero-order chi connectivity index (χ0) is 16.5. The lowest BCUT2D eigenvalue weighted by atomic mass is 10.1. The topological polar surface area (TPSA) is 20.3 Å². The van der Waals surface area contributed by atoms with Gasteiger partial charge in [0.2, 0.25) is 5.91 Å². The van der Waals surface area contributed by atoms with Crippen LogP contribution in [0.2, 0.25) is 0 Å². The summed E-state index contributed by atoms with van der Waals surface area (Å²) >= 11 is 0. The fourth-order valence-corrected chi connectivity index (χ4v) is 2.95. The minimum absolute atomic E-state index is 0.261. The molecule has 0 saturated heterocycles. The van der Waals surface area contributed by atoms with Crippen LogP contribution in [0.1, 0.15) is 111 Å². The van der Waals surface area contributed by atoms with Crippen LogP contribution in [0.3, 0.4) is 0 Å². The molecule has 0 saturated carbocycles. The Balaban J connectivity index is 3.51. The van der Waals surface area contributed by atoms with Crippen LogP contribution >= 0.6 is 0 Å². The molecule has 0 fully saturated rings. The Labute approximate surface area is 140 Å². The van der Waals surface area contributed by atoms with Crippen molar-refractivity contribution >= 4 is 5.91 Å². The Bertz CT molecular complexity index is 222. The van der Waals surface area contributed by atoms with E-state index in [2.05, 4.69) is 18.7 Å². The summed E-state index contributed by atoms with van der Waals surface area (Å²) in [6.45, 7) is 8.18. The quantitative estimate of drug-likeness (QED) is 0.305. The number of unbranched alkanes of at least 4 members (excludes halogenated alkanes) is 12. The molecule has 0 N–H and O–H groups in total. The molecule has 0 heterocycles. The highest BCUT2D eigenvalue weighted by Gasteiger charge is 2.07. The second kappa shape index (κ2) is 16.8. The molecule has 2 heteroatoms. The summed E-state index contributed by atoms with van der Waals surface area (Å²) in [6.07, 6.45) is 18.5. The summed E-state index contributed by atoms with van der Waals surface area (Å²) in [5.74, 6) is 0.261. The van der Waals surface area contributed by atoms with Crippen molar-refractivity contribution in [2.45, 2.75) is 111 Å². The highest BCUT2D eigenvalue weighted by Crippen LogP contribution is 2.10. The molecule has 132 valence electrons. The minimum Gasteiger partial charge on any atom is -0.343 e. The molecule has 0 aromatic carbocycles. The average Bonchev–Trinajstić information content (AvgIpc) is 2.50. The van der Waals surface area contributed by atoms with E-state index in [4.69, 9.17) is 0 Å². The van der Waals surface area contributed by atoms with E-state index in [0.29, 0.717) is 0 Å². The van der Waals surface area contributed by atoms with Crippen LogP contribution in [0.15, 0.2) is 0 Å². The first-order valence-electron chi connectivity index (χ1n) is 9.97. The Morgan fingerprint density at radius 3 is 1.23 bits per heavy atom. The lowest BCUT2D eigenvalue weighted by Gasteiger charge is -2.21. The third kappa shape index (κ3) is 14.4. The monoisotopic (exact) mass is 311 g/mol. The lowest BCUT2D eigenvalue weighted by Crippen LogP contribution is -2.30. The van der Waals surface area contributed by atoms with Crippen molar-refractivity contribution in [2.75, 3.05) is 13.1 Å². The highest BCUT2D eigenvalue weighted by atomic mass is 16.2. The summed E-state index contributed by atoms with van der Waals surface area (Å²) in [7, 11) is 0. The molecular formula is C20H41NO. The molecule has 0 aliphatic carbocycles. The maximum Gasteiger partial charge on any atom is 0.219 e. The fourth-order valence-electron chi connectivity index (χ4n) is 2.95. The van der Waals surface area contributed by atoms with Gasteiger partial charge in [-0.15, -0.1) is 0 Å². The van der Waals surface area contributed by atoms with E-state index in [1.54, 1.807) is 6.92 Å². The van der Waals surface area contributed by atoms with E-state index in [0.717, 1.165) is 13.1 Å². The van der Waals surface area contributed by atoms with Gasteiger partial charge < -0.3 is 4.90 Å². The summed E-state index contributed by atoms with van der Waals surface area (Å²) < 4.78 is 0. The molecule has 0 aliphatic rings. The Morgan fingerprint density at radius 1 is 0.591 bits per heavy atom. The summed E-state index contributed by atoms with van der Waals surface area (Å²) in [5, 5.41) is 0. The van der Waals surface area contributed by atoms with Crippen molar-refractivity contribution < 1.29 is 4.79 Å². The molecule has 0 atom stereocenters. The van der Waals surface area contributed by atoms with Crippen molar-refractivity contribution in [2.24, 2.45) is 0 Å². The number of amides is 1. The van der Waals surface area contributed by atoms with Crippen LogP contribution in [0.4, 0.5) is 0 Å². The SMILES string of the molecule is CCCCCCCCCN(CCCCCCCCC)C(C)=O. The summed E-state index contributed by atoms with van der Waals surface area (Å²) in [5.41, 5.74) is 0. The van der Waals surface area contributed by atoms with Gasteiger partial charge in [0.1, 0.15) is 0 Å². The molecule has 0 spiro atoms. The average molecular weight is 312 g/mol. The molecular weight excluding hydrogens is 270 g/mol. The van der Waals surface area contributed by atoms with E-state index >= 15 is 0 Å². The fraction of sp³-hybridized carbons (Fsp3) is 0.950. The molecule has 0 aliphatic heterocycles. The molecule has 0 bridgehead atoms. The first kappa shape index (κ1) is 21.5. The van der Waals surface area contributed by atoms with E-state index < -0.39 is 0 Å². The third-order valence-electron chi connectivity index (χ3n) is 4.51. The maximum absolute atomic E-state index is 11.7. The summed E-state index contributed by atoms with van der Waals surface area (Å²) in [4.78, 5) is 13.7. The Hall–Kier alpha value is -0.530. The first-order chi connectivity index (χ1) is 10.7. The maximum atomic E-state index is 11.7. The standard InChI is InChI=1S/C20H41NO/c1-4-6-8-10-12-14-16-18-21(20(3)22)19-17-15-13-11-9-7-5-2/h4-19H2,1-3H3. The number of nitrogens with zero attached hydrogens (tertiary/aromatic N) is 1. The Kier molecular flexibility index (Phi) is 16.4. The molecule has 0 radical (unpaired) electrons. The van der Waals surface area contributed by atoms with E-state index in [9.17, 15) is 4.79 Å². The molecule has 0 aromatic rings. The molecule has 0 unspecified atom stereocenters. The number of carbonyl (C=O) groups excluding carboxylic acids is 1. The minimum atomic E-state index is 0.261. The van der Waals surface area contributed by atoms with Crippen LogP contribution in [-0.4, -0.2) is 23.9 Å². The van der Waals surface area contributed by atoms with Gasteiger partial charge in [-0.2, -0.15) is 0 Å². The number of hydrogen-bond acceptors (Lipinski definition) is 1. The highest BCUT2D eigenvalue weighted by molar-refractivity contribution is 5.73. The van der Waals surface area contributed by atoms with E-state index in [1.165, 1.54) is 89.9 Å². The smallest absolute Gasteiger partial charge is 0.219 e. The number of carbonyl (C=O) groups is 1. The van der Waals surface area contributed by atoms with Gasteiger partial charge in [-0.05, 0) is 12.8 Å². The first-order valence-corrected chi connectivity index (χ1v) is 9.97. The van der Waals surface area contributed by atoms with Crippen LogP contribution in [0, 0.1) is 0 Å². The molecule has 1 amide bonds. The van der Waals surface area contributed by atoms with Gasteiger partial charge >= 0.3 is 0 Å². The second-order valence-corrected chi connectivity index (χ2v) is 6.75. The van der Waals surface area contributed by atoms with E-state index in [1.807, 2.05) is 0 Å². The molecule has 22 heavy (non-hydrogen) atoms. The largest absolute Gasteiger partial charge is 0.343 e. The number of rotatable bonds is 16. The van der Waals surface area contributed by atoms with Crippen LogP contribution in [0.25, 0.3) is 0 Å². The summed E-state index contributed by atoms with van der Waals surface area (Å²) in [6, 6.07) is 0. The van der Waals surface area contributed by atoms with Gasteiger partial charge in [-0.25, -0.2) is 0 Å². The molecule has 0 rings (SSSR count). The predicted octanol–water partition coefficient (Wildman–Crippen LogP) is 6.34. The zero-order valence-corrected chi connectivity index (χ0v) is 15.7. The zero-order valence-electron chi connectivity index (χ0n) is 15.7. The van der Waals surface area contributed by atoms with Crippen LogP contribution in [-0.2, 0) is 4.79 Å². The second-order valence-electron chi connectivity index (χ2n) is 6.75. The van der Waals surface area contributed by atoms with Crippen LogP contribution in [0.5, 0.6) is 0 Å². The predicted molar refractivity (Wildman–Crippen MR) is 98.2 cm³/mol. The van der Waals surface area contributed by atoms with Gasteiger partial charge in [0.15, 0.2) is 0 Å². The van der Waals surface area contributed by atoms with Gasteiger partial charge in [0.05, 0.1) is 0 Å².